The van der Waals surface area contributed by atoms with Crippen molar-refractivity contribution in [3.63, 3.8) is 0 Å². The Balaban J connectivity index is 1.71. The largest absolute Gasteiger partial charge is 0.494 e. The standard InChI is InChI=1S/C29H40FN3O5S/c1-4-38-26-18-16-25(17-19-26)33(39(3,36)37)20-10-15-28(34)32(21-23-11-8-9-14-27(23)30)22(2)29(35)31-24-12-6-5-7-13-24/h8-9,11,14,16-19,22,24H,4-7,10,12-13,15,20-21H2,1-3H3,(H,31,35)/t22-/m1/s1. The number of amides is 2. The second kappa shape index (κ2) is 14.3. The number of anilines is 1. The van der Waals surface area contributed by atoms with Crippen molar-refractivity contribution in [2.45, 2.75) is 77.4 Å². The molecule has 0 aromatic heterocycles. The molecule has 1 saturated carbocycles. The van der Waals surface area contributed by atoms with Gasteiger partial charge in [0.25, 0.3) is 0 Å². The van der Waals surface area contributed by atoms with E-state index in [4.69, 9.17) is 4.74 Å². The quantitative estimate of drug-likeness (QED) is 0.385. The van der Waals surface area contributed by atoms with Crippen LogP contribution >= 0.6 is 0 Å². The van der Waals surface area contributed by atoms with Gasteiger partial charge < -0.3 is 15.0 Å². The van der Waals surface area contributed by atoms with Gasteiger partial charge in [0.1, 0.15) is 17.6 Å². The Morgan fingerprint density at radius 1 is 1.08 bits per heavy atom. The first-order valence-electron chi connectivity index (χ1n) is 13.6. The van der Waals surface area contributed by atoms with Crippen LogP contribution in [0.15, 0.2) is 48.5 Å². The second-order valence-electron chi connectivity index (χ2n) is 10.00. The molecule has 39 heavy (non-hydrogen) atoms. The van der Waals surface area contributed by atoms with Crippen LogP contribution < -0.4 is 14.4 Å². The first-order valence-corrected chi connectivity index (χ1v) is 15.5. The topological polar surface area (TPSA) is 96.0 Å². The van der Waals surface area contributed by atoms with Gasteiger partial charge in [-0.15, -0.1) is 0 Å². The lowest BCUT2D eigenvalue weighted by Gasteiger charge is -2.31. The fourth-order valence-corrected chi connectivity index (χ4v) is 5.81. The van der Waals surface area contributed by atoms with Gasteiger partial charge in [-0.25, -0.2) is 12.8 Å². The molecule has 214 valence electrons. The summed E-state index contributed by atoms with van der Waals surface area (Å²) in [4.78, 5) is 27.9. The van der Waals surface area contributed by atoms with Crippen molar-refractivity contribution >= 4 is 27.5 Å². The fraction of sp³-hybridized carbons (Fsp3) is 0.517. The molecule has 10 heteroatoms. The van der Waals surface area contributed by atoms with Gasteiger partial charge in [-0.2, -0.15) is 0 Å². The summed E-state index contributed by atoms with van der Waals surface area (Å²) in [5.41, 5.74) is 0.784. The summed E-state index contributed by atoms with van der Waals surface area (Å²) in [6, 6.07) is 12.2. The molecule has 0 radical (unpaired) electrons. The lowest BCUT2D eigenvalue weighted by atomic mass is 9.95. The SMILES string of the molecule is CCOc1ccc(N(CCCC(=O)N(Cc2ccccc2F)[C@H](C)C(=O)NC2CCCCC2)S(C)(=O)=O)cc1. The molecule has 0 spiro atoms. The van der Waals surface area contributed by atoms with Crippen LogP contribution in [-0.2, 0) is 26.2 Å². The Hall–Kier alpha value is -3.14. The normalized spacial score (nSPS) is 14.9. The number of ether oxygens (including phenoxy) is 1. The summed E-state index contributed by atoms with van der Waals surface area (Å²) in [6.45, 7) is 4.04. The fourth-order valence-electron chi connectivity index (χ4n) is 4.84. The number of benzene rings is 2. The molecule has 0 saturated heterocycles. The molecule has 1 atom stereocenters. The van der Waals surface area contributed by atoms with Gasteiger partial charge >= 0.3 is 0 Å². The molecule has 2 aromatic rings. The second-order valence-corrected chi connectivity index (χ2v) is 11.9. The van der Waals surface area contributed by atoms with Gasteiger partial charge in [-0.1, -0.05) is 37.5 Å². The molecule has 0 unspecified atom stereocenters. The zero-order valence-corrected chi connectivity index (χ0v) is 23.9. The number of hydrogen-bond acceptors (Lipinski definition) is 5. The first-order chi connectivity index (χ1) is 18.6. The van der Waals surface area contributed by atoms with E-state index in [-0.39, 0.29) is 43.8 Å². The van der Waals surface area contributed by atoms with E-state index in [0.717, 1.165) is 38.4 Å². The van der Waals surface area contributed by atoms with E-state index >= 15 is 0 Å². The molecule has 0 heterocycles. The van der Waals surface area contributed by atoms with Crippen molar-refractivity contribution in [1.29, 1.82) is 0 Å². The zero-order valence-electron chi connectivity index (χ0n) is 23.1. The van der Waals surface area contributed by atoms with E-state index in [9.17, 15) is 22.4 Å². The van der Waals surface area contributed by atoms with Crippen LogP contribution in [0, 0.1) is 5.82 Å². The minimum absolute atomic E-state index is 0.00144. The van der Waals surface area contributed by atoms with Crippen LogP contribution in [0.4, 0.5) is 10.1 Å². The molecule has 1 aliphatic rings. The van der Waals surface area contributed by atoms with Crippen molar-refractivity contribution < 1.29 is 27.1 Å². The van der Waals surface area contributed by atoms with Crippen molar-refractivity contribution in [2.75, 3.05) is 23.7 Å². The minimum Gasteiger partial charge on any atom is -0.494 e. The molecule has 8 nitrogen and oxygen atoms in total. The number of sulfonamides is 1. The maximum Gasteiger partial charge on any atom is 0.242 e. The lowest BCUT2D eigenvalue weighted by molar-refractivity contribution is -0.141. The maximum absolute atomic E-state index is 14.5. The van der Waals surface area contributed by atoms with Crippen molar-refractivity contribution in [1.82, 2.24) is 10.2 Å². The van der Waals surface area contributed by atoms with E-state index in [1.807, 2.05) is 6.92 Å². The summed E-state index contributed by atoms with van der Waals surface area (Å²) < 4.78 is 46.2. The molecular formula is C29H40FN3O5S. The highest BCUT2D eigenvalue weighted by Crippen LogP contribution is 2.23. The van der Waals surface area contributed by atoms with Crippen molar-refractivity contribution in [2.24, 2.45) is 0 Å². The van der Waals surface area contributed by atoms with Crippen LogP contribution in [0.5, 0.6) is 5.75 Å². The van der Waals surface area contributed by atoms with Gasteiger partial charge in [0.05, 0.1) is 18.6 Å². The Bertz CT molecular complexity index is 1200. The van der Waals surface area contributed by atoms with Crippen molar-refractivity contribution in [3.05, 3.63) is 59.9 Å². The van der Waals surface area contributed by atoms with E-state index in [2.05, 4.69) is 5.32 Å². The molecule has 0 aliphatic heterocycles. The highest BCUT2D eigenvalue weighted by atomic mass is 32.2. The predicted molar refractivity (Wildman–Crippen MR) is 150 cm³/mol. The Morgan fingerprint density at radius 3 is 2.36 bits per heavy atom. The summed E-state index contributed by atoms with van der Waals surface area (Å²) in [5.74, 6) is -0.425. The van der Waals surface area contributed by atoms with E-state index in [1.54, 1.807) is 49.4 Å². The maximum atomic E-state index is 14.5. The number of halogens is 1. The first kappa shape index (κ1) is 30.4. The summed E-state index contributed by atoms with van der Waals surface area (Å²) in [5, 5.41) is 3.06. The van der Waals surface area contributed by atoms with E-state index < -0.39 is 21.9 Å². The third kappa shape index (κ3) is 8.95. The van der Waals surface area contributed by atoms with Crippen molar-refractivity contribution in [3.8, 4) is 5.75 Å². The van der Waals surface area contributed by atoms with Crippen LogP contribution in [-0.4, -0.2) is 56.6 Å². The molecule has 1 fully saturated rings. The zero-order chi connectivity index (χ0) is 28.4. The Labute approximate surface area is 231 Å². The average molecular weight is 562 g/mol. The Morgan fingerprint density at radius 2 is 1.74 bits per heavy atom. The number of rotatable bonds is 13. The van der Waals surface area contributed by atoms with Gasteiger partial charge in [0, 0.05) is 31.1 Å². The Kier molecular flexibility index (Phi) is 11.2. The number of hydrogen-bond donors (Lipinski definition) is 1. The van der Waals surface area contributed by atoms with Gasteiger partial charge in [-0.05, 0) is 63.4 Å². The van der Waals surface area contributed by atoms with E-state index in [0.29, 0.717) is 23.6 Å². The minimum atomic E-state index is -3.61. The summed E-state index contributed by atoms with van der Waals surface area (Å²) >= 11 is 0. The number of carbonyl (C=O) groups excluding carboxylic acids is 2. The smallest absolute Gasteiger partial charge is 0.242 e. The lowest BCUT2D eigenvalue weighted by Crippen LogP contribution is -2.50. The molecule has 2 amide bonds. The van der Waals surface area contributed by atoms with Gasteiger partial charge in [-0.3, -0.25) is 13.9 Å². The third-order valence-electron chi connectivity index (χ3n) is 7.01. The summed E-state index contributed by atoms with van der Waals surface area (Å²) in [7, 11) is -3.61. The molecular weight excluding hydrogens is 521 g/mol. The molecule has 1 aliphatic carbocycles. The average Bonchev–Trinajstić information content (AvgIpc) is 2.91. The molecule has 3 rings (SSSR count). The monoisotopic (exact) mass is 561 g/mol. The van der Waals surface area contributed by atoms with E-state index in [1.165, 1.54) is 15.3 Å². The van der Waals surface area contributed by atoms with Crippen LogP contribution in [0.2, 0.25) is 0 Å². The predicted octanol–water partition coefficient (Wildman–Crippen LogP) is 4.64. The highest BCUT2D eigenvalue weighted by Gasteiger charge is 2.29. The van der Waals surface area contributed by atoms with Gasteiger partial charge in [0.15, 0.2) is 0 Å². The molecule has 0 bridgehead atoms. The van der Waals surface area contributed by atoms with Crippen LogP contribution in [0.1, 0.15) is 64.4 Å². The summed E-state index contributed by atoms with van der Waals surface area (Å²) in [6.07, 6.45) is 6.43. The van der Waals surface area contributed by atoms with Gasteiger partial charge in [0.2, 0.25) is 21.8 Å². The number of carbonyl (C=O) groups is 2. The molecule has 2 aromatic carbocycles. The van der Waals surface area contributed by atoms with Crippen LogP contribution in [0.25, 0.3) is 0 Å². The number of nitrogens with one attached hydrogen (secondary N) is 1. The molecule has 1 N–H and O–H groups in total. The number of nitrogens with zero attached hydrogens (tertiary/aromatic N) is 2. The highest BCUT2D eigenvalue weighted by molar-refractivity contribution is 7.92. The van der Waals surface area contributed by atoms with Crippen LogP contribution in [0.3, 0.4) is 0 Å². The third-order valence-corrected chi connectivity index (χ3v) is 8.20.